The Kier molecular flexibility index (Phi) is 2.50. The second-order valence-corrected chi connectivity index (χ2v) is 4.60. The lowest BCUT2D eigenvalue weighted by molar-refractivity contribution is -0.119. The summed E-state index contributed by atoms with van der Waals surface area (Å²) < 4.78 is 10.5. The van der Waals surface area contributed by atoms with Crippen LogP contribution in [0.3, 0.4) is 0 Å². The van der Waals surface area contributed by atoms with Gasteiger partial charge < -0.3 is 15.2 Å². The number of rotatable bonds is 3. The Balaban J connectivity index is 2.30. The van der Waals surface area contributed by atoms with Crippen LogP contribution < -0.4 is 15.2 Å². The van der Waals surface area contributed by atoms with E-state index in [0.29, 0.717) is 6.42 Å². The number of carbonyl (C=O) groups excluding carboxylic acids is 1. The summed E-state index contributed by atoms with van der Waals surface area (Å²) >= 11 is 0. The lowest BCUT2D eigenvalue weighted by Gasteiger charge is -2.23. The van der Waals surface area contributed by atoms with Crippen LogP contribution >= 0.6 is 0 Å². The van der Waals surface area contributed by atoms with Gasteiger partial charge in [-0.15, -0.1) is 0 Å². The molecule has 1 amide bonds. The molecule has 0 fully saturated rings. The molecule has 4 heteroatoms. The number of benzene rings is 1. The van der Waals surface area contributed by atoms with Gasteiger partial charge >= 0.3 is 0 Å². The van der Waals surface area contributed by atoms with Crippen LogP contribution in [0.2, 0.25) is 0 Å². The summed E-state index contributed by atoms with van der Waals surface area (Å²) in [5, 5.41) is 0. The molecule has 1 aliphatic rings. The van der Waals surface area contributed by atoms with E-state index in [4.69, 9.17) is 15.2 Å². The average molecular weight is 221 g/mol. The molecule has 0 atom stereocenters. The molecule has 2 N–H and O–H groups in total. The first-order valence-electron chi connectivity index (χ1n) is 5.17. The molecule has 0 saturated heterocycles. The smallest absolute Gasteiger partial charge is 0.231 e. The van der Waals surface area contributed by atoms with Gasteiger partial charge in [0.2, 0.25) is 12.7 Å². The zero-order valence-corrected chi connectivity index (χ0v) is 9.45. The molecule has 86 valence electrons. The minimum atomic E-state index is -0.303. The van der Waals surface area contributed by atoms with Crippen LogP contribution in [0.15, 0.2) is 18.2 Å². The van der Waals surface area contributed by atoms with Crippen molar-refractivity contribution in [1.29, 1.82) is 0 Å². The molecule has 0 bridgehead atoms. The third-order valence-electron chi connectivity index (χ3n) is 2.77. The van der Waals surface area contributed by atoms with Gasteiger partial charge in [0.1, 0.15) is 0 Å². The van der Waals surface area contributed by atoms with Crippen LogP contribution in [-0.2, 0) is 10.2 Å². The van der Waals surface area contributed by atoms with E-state index in [1.54, 1.807) is 0 Å². The average Bonchev–Trinajstić information content (AvgIpc) is 2.61. The zero-order valence-electron chi connectivity index (χ0n) is 9.45. The van der Waals surface area contributed by atoms with E-state index in [1.807, 2.05) is 32.0 Å². The summed E-state index contributed by atoms with van der Waals surface area (Å²) in [5.41, 5.74) is 5.97. The van der Waals surface area contributed by atoms with Crippen molar-refractivity contribution in [3.05, 3.63) is 23.8 Å². The first-order chi connectivity index (χ1) is 7.49. The summed E-state index contributed by atoms with van der Waals surface area (Å²) in [7, 11) is 0. The fraction of sp³-hybridized carbons (Fsp3) is 0.417. The zero-order chi connectivity index (χ0) is 11.8. The number of hydrogen-bond acceptors (Lipinski definition) is 3. The molecule has 0 aromatic heterocycles. The van der Waals surface area contributed by atoms with Gasteiger partial charge in [-0.2, -0.15) is 0 Å². The van der Waals surface area contributed by atoms with Gasteiger partial charge in [0.05, 0.1) is 0 Å². The highest BCUT2D eigenvalue weighted by atomic mass is 16.7. The highest BCUT2D eigenvalue weighted by molar-refractivity contribution is 5.75. The Bertz CT molecular complexity index is 426. The summed E-state index contributed by atoms with van der Waals surface area (Å²) in [5.74, 6) is 1.18. The lowest BCUT2D eigenvalue weighted by Crippen LogP contribution is -2.26. The second kappa shape index (κ2) is 3.70. The molecular formula is C12H15NO3. The summed E-state index contributed by atoms with van der Waals surface area (Å²) in [6.45, 7) is 4.22. The molecule has 4 nitrogen and oxygen atoms in total. The summed E-state index contributed by atoms with van der Waals surface area (Å²) in [6.07, 6.45) is 0.312. The largest absolute Gasteiger partial charge is 0.454 e. The number of amides is 1. The van der Waals surface area contributed by atoms with E-state index < -0.39 is 0 Å². The molecule has 0 aliphatic carbocycles. The van der Waals surface area contributed by atoms with Crippen molar-refractivity contribution in [2.45, 2.75) is 25.7 Å². The normalized spacial score (nSPS) is 13.9. The lowest BCUT2D eigenvalue weighted by atomic mass is 9.81. The van der Waals surface area contributed by atoms with Crippen LogP contribution in [0.5, 0.6) is 11.5 Å². The Labute approximate surface area is 94.3 Å². The molecule has 16 heavy (non-hydrogen) atoms. The minimum Gasteiger partial charge on any atom is -0.454 e. The maximum absolute atomic E-state index is 11.0. The second-order valence-electron chi connectivity index (χ2n) is 4.60. The van der Waals surface area contributed by atoms with Gasteiger partial charge in [0.15, 0.2) is 11.5 Å². The number of fused-ring (bicyclic) bond motifs is 1. The quantitative estimate of drug-likeness (QED) is 0.842. The highest BCUT2D eigenvalue weighted by Gasteiger charge is 2.25. The van der Waals surface area contributed by atoms with Crippen molar-refractivity contribution in [2.24, 2.45) is 5.73 Å². The van der Waals surface area contributed by atoms with Crippen LogP contribution in [0, 0.1) is 0 Å². The van der Waals surface area contributed by atoms with Crippen molar-refractivity contribution < 1.29 is 14.3 Å². The first kappa shape index (κ1) is 10.8. The van der Waals surface area contributed by atoms with E-state index in [0.717, 1.165) is 17.1 Å². The van der Waals surface area contributed by atoms with Crippen molar-refractivity contribution in [2.75, 3.05) is 6.79 Å². The molecule has 0 unspecified atom stereocenters. The maximum atomic E-state index is 11.0. The molecule has 2 rings (SSSR count). The van der Waals surface area contributed by atoms with E-state index >= 15 is 0 Å². The predicted octanol–water partition coefficient (Wildman–Crippen LogP) is 1.57. The van der Waals surface area contributed by atoms with Crippen LogP contribution in [-0.4, -0.2) is 12.7 Å². The molecule has 1 aliphatic heterocycles. The topological polar surface area (TPSA) is 61.6 Å². The van der Waals surface area contributed by atoms with E-state index in [-0.39, 0.29) is 18.1 Å². The number of primary amides is 1. The molecular weight excluding hydrogens is 206 g/mol. The van der Waals surface area contributed by atoms with Crippen LogP contribution in [0.25, 0.3) is 0 Å². The van der Waals surface area contributed by atoms with Crippen LogP contribution in [0.4, 0.5) is 0 Å². The van der Waals surface area contributed by atoms with Gasteiger partial charge in [-0.3, -0.25) is 4.79 Å². The van der Waals surface area contributed by atoms with Crippen molar-refractivity contribution in [1.82, 2.24) is 0 Å². The van der Waals surface area contributed by atoms with Gasteiger partial charge in [0, 0.05) is 6.42 Å². The number of nitrogens with two attached hydrogens (primary N) is 1. The van der Waals surface area contributed by atoms with Crippen LogP contribution in [0.1, 0.15) is 25.8 Å². The van der Waals surface area contributed by atoms with E-state index in [9.17, 15) is 4.79 Å². The molecule has 1 aromatic carbocycles. The Morgan fingerprint density at radius 3 is 2.75 bits per heavy atom. The van der Waals surface area contributed by atoms with Crippen molar-refractivity contribution in [3.8, 4) is 11.5 Å². The highest BCUT2D eigenvalue weighted by Crippen LogP contribution is 2.37. The molecule has 0 saturated carbocycles. The predicted molar refractivity (Wildman–Crippen MR) is 59.4 cm³/mol. The summed E-state index contributed by atoms with van der Waals surface area (Å²) in [4.78, 5) is 11.0. The number of hydrogen-bond donors (Lipinski definition) is 1. The Morgan fingerprint density at radius 1 is 1.38 bits per heavy atom. The standard InChI is InChI=1S/C12H15NO3/c1-12(2,6-11(13)14)8-3-4-9-10(5-8)16-7-15-9/h3-5H,6-7H2,1-2H3,(H2,13,14). The summed E-state index contributed by atoms with van der Waals surface area (Å²) in [6, 6.07) is 5.71. The monoisotopic (exact) mass is 221 g/mol. The Hall–Kier alpha value is -1.71. The SMILES string of the molecule is CC(C)(CC(N)=O)c1ccc2c(c1)OCO2. The van der Waals surface area contributed by atoms with E-state index in [1.165, 1.54) is 0 Å². The van der Waals surface area contributed by atoms with Gasteiger partial charge in [-0.25, -0.2) is 0 Å². The number of ether oxygens (including phenoxy) is 2. The maximum Gasteiger partial charge on any atom is 0.231 e. The van der Waals surface area contributed by atoms with Gasteiger partial charge in [-0.05, 0) is 23.1 Å². The van der Waals surface area contributed by atoms with Gasteiger partial charge in [-0.1, -0.05) is 19.9 Å². The van der Waals surface area contributed by atoms with Gasteiger partial charge in [0.25, 0.3) is 0 Å². The first-order valence-corrected chi connectivity index (χ1v) is 5.17. The number of carbonyl (C=O) groups is 1. The molecule has 1 aromatic rings. The minimum absolute atomic E-state index is 0.259. The Morgan fingerprint density at radius 2 is 2.06 bits per heavy atom. The molecule has 1 heterocycles. The van der Waals surface area contributed by atoms with Crippen molar-refractivity contribution >= 4 is 5.91 Å². The van der Waals surface area contributed by atoms with E-state index in [2.05, 4.69) is 0 Å². The fourth-order valence-electron chi connectivity index (χ4n) is 1.86. The molecule has 0 spiro atoms. The third-order valence-corrected chi connectivity index (χ3v) is 2.77. The fourth-order valence-corrected chi connectivity index (χ4v) is 1.86. The molecule has 0 radical (unpaired) electrons. The van der Waals surface area contributed by atoms with Crippen molar-refractivity contribution in [3.63, 3.8) is 0 Å². The third kappa shape index (κ3) is 1.96.